The smallest absolute Gasteiger partial charge is 0.0624 e. The van der Waals surface area contributed by atoms with E-state index in [1.807, 2.05) is 6.07 Å². The lowest BCUT2D eigenvalue weighted by atomic mass is 9.89. The number of fused-ring (bicyclic) bond motifs is 1. The highest BCUT2D eigenvalue weighted by Crippen LogP contribution is 2.46. The fourth-order valence-electron chi connectivity index (χ4n) is 3.73. The molecule has 0 atom stereocenters. The van der Waals surface area contributed by atoms with Crippen LogP contribution < -0.4 is 10.2 Å². The van der Waals surface area contributed by atoms with Crippen molar-refractivity contribution in [3.05, 3.63) is 23.2 Å². The fraction of sp³-hybridized carbons (Fsp3) is 0.600. The van der Waals surface area contributed by atoms with Gasteiger partial charge in [0.25, 0.3) is 0 Å². The van der Waals surface area contributed by atoms with Gasteiger partial charge in [-0.1, -0.05) is 24.4 Å². The summed E-state index contributed by atoms with van der Waals surface area (Å²) in [5.41, 5.74) is 2.82. The number of halogens is 1. The Kier molecular flexibility index (Phi) is 2.93. The van der Waals surface area contributed by atoms with Gasteiger partial charge < -0.3 is 10.2 Å². The molecule has 0 radical (unpaired) electrons. The predicted octanol–water partition coefficient (Wildman–Crippen LogP) is 4.29. The highest BCUT2D eigenvalue weighted by molar-refractivity contribution is 6.31. The van der Waals surface area contributed by atoms with Crippen molar-refractivity contribution in [3.8, 4) is 0 Å². The summed E-state index contributed by atoms with van der Waals surface area (Å²) < 4.78 is 0. The SMILES string of the molecule is CC(C)N1c2cc(Cl)ccc2NCC12CCCC2. The molecule has 0 bridgehead atoms. The zero-order chi connectivity index (χ0) is 12.8. The summed E-state index contributed by atoms with van der Waals surface area (Å²) in [6.45, 7) is 5.64. The second-order valence-corrected chi connectivity index (χ2v) is 6.35. The molecule has 1 spiro atoms. The van der Waals surface area contributed by atoms with Crippen molar-refractivity contribution in [2.45, 2.75) is 51.1 Å². The van der Waals surface area contributed by atoms with Crippen LogP contribution in [0.3, 0.4) is 0 Å². The van der Waals surface area contributed by atoms with E-state index in [0.717, 1.165) is 11.6 Å². The maximum Gasteiger partial charge on any atom is 0.0624 e. The quantitative estimate of drug-likeness (QED) is 0.814. The zero-order valence-electron chi connectivity index (χ0n) is 11.2. The number of benzene rings is 1. The van der Waals surface area contributed by atoms with Crippen LogP contribution in [0.15, 0.2) is 18.2 Å². The highest BCUT2D eigenvalue weighted by Gasteiger charge is 2.43. The largest absolute Gasteiger partial charge is 0.381 e. The molecular formula is C15H21ClN2. The maximum absolute atomic E-state index is 6.19. The Labute approximate surface area is 114 Å². The molecule has 0 saturated heterocycles. The third-order valence-corrected chi connectivity index (χ3v) is 4.62. The first-order valence-electron chi connectivity index (χ1n) is 6.95. The first-order valence-corrected chi connectivity index (χ1v) is 7.33. The van der Waals surface area contributed by atoms with Crippen molar-refractivity contribution in [1.29, 1.82) is 0 Å². The molecule has 0 aromatic heterocycles. The van der Waals surface area contributed by atoms with Crippen LogP contribution in [0.2, 0.25) is 5.02 Å². The maximum atomic E-state index is 6.19. The van der Waals surface area contributed by atoms with Gasteiger partial charge in [0.2, 0.25) is 0 Å². The number of nitrogens with zero attached hydrogens (tertiary/aromatic N) is 1. The Balaban J connectivity index is 2.09. The first kappa shape index (κ1) is 12.2. The van der Waals surface area contributed by atoms with Crippen LogP contribution in [-0.2, 0) is 0 Å². The van der Waals surface area contributed by atoms with E-state index in [-0.39, 0.29) is 0 Å². The fourth-order valence-corrected chi connectivity index (χ4v) is 3.90. The summed E-state index contributed by atoms with van der Waals surface area (Å²) in [5.74, 6) is 0. The van der Waals surface area contributed by atoms with Gasteiger partial charge in [0.1, 0.15) is 0 Å². The van der Waals surface area contributed by atoms with Gasteiger partial charge in [-0.15, -0.1) is 0 Å². The summed E-state index contributed by atoms with van der Waals surface area (Å²) in [5, 5.41) is 4.44. The molecule has 0 unspecified atom stereocenters. The molecule has 98 valence electrons. The third-order valence-electron chi connectivity index (χ3n) is 4.39. The summed E-state index contributed by atoms with van der Waals surface area (Å²) in [6.07, 6.45) is 5.29. The Morgan fingerprint density at radius 2 is 2.00 bits per heavy atom. The minimum Gasteiger partial charge on any atom is -0.381 e. The van der Waals surface area contributed by atoms with Crippen molar-refractivity contribution in [1.82, 2.24) is 0 Å². The molecule has 1 N–H and O–H groups in total. The molecule has 2 aliphatic rings. The lowest BCUT2D eigenvalue weighted by Crippen LogP contribution is -2.57. The van der Waals surface area contributed by atoms with Crippen LogP contribution in [0.25, 0.3) is 0 Å². The van der Waals surface area contributed by atoms with Crippen molar-refractivity contribution in [2.24, 2.45) is 0 Å². The van der Waals surface area contributed by atoms with Gasteiger partial charge in [0.05, 0.1) is 16.9 Å². The van der Waals surface area contributed by atoms with Gasteiger partial charge in [0, 0.05) is 17.6 Å². The standard InChI is InChI=1S/C15H21ClN2/c1-11(2)18-14-9-12(16)5-6-13(14)17-10-15(18)7-3-4-8-15/h5-6,9,11,17H,3-4,7-8,10H2,1-2H3. The molecule has 18 heavy (non-hydrogen) atoms. The number of hydrogen-bond acceptors (Lipinski definition) is 2. The number of nitrogens with one attached hydrogen (secondary N) is 1. The summed E-state index contributed by atoms with van der Waals surface area (Å²) >= 11 is 6.19. The highest BCUT2D eigenvalue weighted by atomic mass is 35.5. The van der Waals surface area contributed by atoms with E-state index in [0.29, 0.717) is 11.6 Å². The average Bonchev–Trinajstić information content (AvgIpc) is 2.77. The predicted molar refractivity (Wildman–Crippen MR) is 78.8 cm³/mol. The van der Waals surface area contributed by atoms with E-state index in [9.17, 15) is 0 Å². The normalized spacial score (nSPS) is 21.2. The van der Waals surface area contributed by atoms with Gasteiger partial charge in [-0.25, -0.2) is 0 Å². The molecule has 1 heterocycles. The van der Waals surface area contributed by atoms with Crippen molar-refractivity contribution >= 4 is 23.0 Å². The van der Waals surface area contributed by atoms with Gasteiger partial charge in [-0.3, -0.25) is 0 Å². The van der Waals surface area contributed by atoms with E-state index in [1.54, 1.807) is 0 Å². The molecule has 1 aromatic rings. The van der Waals surface area contributed by atoms with Gasteiger partial charge in [-0.2, -0.15) is 0 Å². The van der Waals surface area contributed by atoms with Gasteiger partial charge >= 0.3 is 0 Å². The van der Waals surface area contributed by atoms with Crippen molar-refractivity contribution in [3.63, 3.8) is 0 Å². The van der Waals surface area contributed by atoms with Crippen LogP contribution in [0, 0.1) is 0 Å². The number of hydrogen-bond donors (Lipinski definition) is 1. The molecule has 1 aliphatic carbocycles. The molecule has 1 saturated carbocycles. The van der Waals surface area contributed by atoms with Crippen molar-refractivity contribution in [2.75, 3.05) is 16.8 Å². The first-order chi connectivity index (χ1) is 8.62. The number of anilines is 2. The third kappa shape index (κ3) is 1.78. The second-order valence-electron chi connectivity index (χ2n) is 5.91. The van der Waals surface area contributed by atoms with Crippen molar-refractivity contribution < 1.29 is 0 Å². The zero-order valence-corrected chi connectivity index (χ0v) is 11.9. The molecular weight excluding hydrogens is 244 g/mol. The van der Waals surface area contributed by atoms with Gasteiger partial charge in [-0.05, 0) is 44.9 Å². The van der Waals surface area contributed by atoms with Crippen LogP contribution in [0.1, 0.15) is 39.5 Å². The van der Waals surface area contributed by atoms with E-state index in [2.05, 4.69) is 36.2 Å². The Bertz CT molecular complexity index is 450. The molecule has 1 aromatic carbocycles. The average molecular weight is 265 g/mol. The van der Waals surface area contributed by atoms with E-state index >= 15 is 0 Å². The van der Waals surface area contributed by atoms with E-state index < -0.39 is 0 Å². The molecule has 1 aliphatic heterocycles. The molecule has 2 nitrogen and oxygen atoms in total. The van der Waals surface area contributed by atoms with Crippen LogP contribution in [-0.4, -0.2) is 18.1 Å². The molecule has 1 fully saturated rings. The van der Waals surface area contributed by atoms with Crippen LogP contribution in [0.5, 0.6) is 0 Å². The molecule has 3 heteroatoms. The Hall–Kier alpha value is -0.890. The minimum atomic E-state index is 0.311. The lowest BCUT2D eigenvalue weighted by Gasteiger charge is -2.50. The Morgan fingerprint density at radius 1 is 1.28 bits per heavy atom. The van der Waals surface area contributed by atoms with Gasteiger partial charge in [0.15, 0.2) is 0 Å². The van der Waals surface area contributed by atoms with E-state index in [4.69, 9.17) is 11.6 Å². The topological polar surface area (TPSA) is 15.3 Å². The summed E-state index contributed by atoms with van der Waals surface area (Å²) in [4.78, 5) is 2.61. The Morgan fingerprint density at radius 3 is 2.67 bits per heavy atom. The van der Waals surface area contributed by atoms with Crippen LogP contribution in [0.4, 0.5) is 11.4 Å². The number of rotatable bonds is 1. The molecule has 0 amide bonds. The molecule has 3 rings (SSSR count). The summed E-state index contributed by atoms with van der Waals surface area (Å²) in [6, 6.07) is 6.71. The monoisotopic (exact) mass is 264 g/mol. The minimum absolute atomic E-state index is 0.311. The van der Waals surface area contributed by atoms with Crippen LogP contribution >= 0.6 is 11.6 Å². The second kappa shape index (κ2) is 4.34. The summed E-state index contributed by atoms with van der Waals surface area (Å²) in [7, 11) is 0. The van der Waals surface area contributed by atoms with E-state index in [1.165, 1.54) is 37.1 Å². The lowest BCUT2D eigenvalue weighted by molar-refractivity contribution is 0.381.